The maximum atomic E-state index is 12.4. The number of hydrogen-bond donors (Lipinski definition) is 2. The summed E-state index contributed by atoms with van der Waals surface area (Å²) in [6.45, 7) is 6.75. The monoisotopic (exact) mass is 374 g/mol. The number of amides is 1. The molecule has 2 heterocycles. The zero-order chi connectivity index (χ0) is 18.4. The largest absolute Gasteiger partial charge is 0.379 e. The Morgan fingerprint density at radius 3 is 2.85 bits per heavy atom. The predicted molar refractivity (Wildman–Crippen MR) is 103 cm³/mol. The number of aromatic nitrogens is 1. The fourth-order valence-electron chi connectivity index (χ4n) is 2.81. The quantitative estimate of drug-likeness (QED) is 0.813. The van der Waals surface area contributed by atoms with Gasteiger partial charge in [0.25, 0.3) is 5.91 Å². The second-order valence-corrected chi connectivity index (χ2v) is 6.69. The van der Waals surface area contributed by atoms with Crippen LogP contribution >= 0.6 is 11.6 Å². The van der Waals surface area contributed by atoms with Crippen LogP contribution in [0.25, 0.3) is 0 Å². The normalized spacial score (nSPS) is 14.8. The number of aryl methyl sites for hydroxylation is 1. The number of nitrogens with one attached hydrogen (secondary N) is 2. The van der Waals surface area contributed by atoms with E-state index in [1.165, 1.54) is 0 Å². The lowest BCUT2D eigenvalue weighted by Crippen LogP contribution is -2.41. The molecule has 6 nitrogen and oxygen atoms in total. The molecule has 3 rings (SSSR count). The summed E-state index contributed by atoms with van der Waals surface area (Å²) in [6, 6.07) is 7.42. The summed E-state index contributed by atoms with van der Waals surface area (Å²) in [4.78, 5) is 18.8. The van der Waals surface area contributed by atoms with E-state index in [9.17, 15) is 4.79 Å². The molecular formula is C19H23ClN4O2. The molecule has 0 spiro atoms. The van der Waals surface area contributed by atoms with Gasteiger partial charge in [0.05, 0.1) is 30.7 Å². The van der Waals surface area contributed by atoms with Gasteiger partial charge in [-0.2, -0.15) is 0 Å². The van der Waals surface area contributed by atoms with Crippen molar-refractivity contribution >= 4 is 28.9 Å². The standard InChI is InChI=1S/C19H23ClN4O2/c1-14-10-16(20)2-3-18(14)23-17-11-15(12-21-13-17)19(25)22-4-5-24-6-8-26-9-7-24/h2-3,10-13,23H,4-9H2,1H3,(H,22,25). The maximum Gasteiger partial charge on any atom is 0.252 e. The fraction of sp³-hybridized carbons (Fsp3) is 0.368. The van der Waals surface area contributed by atoms with Gasteiger partial charge in [-0.05, 0) is 36.8 Å². The molecule has 0 unspecified atom stereocenters. The average molecular weight is 375 g/mol. The summed E-state index contributed by atoms with van der Waals surface area (Å²) in [6.07, 6.45) is 3.27. The van der Waals surface area contributed by atoms with Gasteiger partial charge in [0.15, 0.2) is 0 Å². The number of anilines is 2. The van der Waals surface area contributed by atoms with Crippen LogP contribution in [0.5, 0.6) is 0 Å². The van der Waals surface area contributed by atoms with Gasteiger partial charge in [-0.3, -0.25) is 14.7 Å². The first-order valence-electron chi connectivity index (χ1n) is 8.68. The lowest BCUT2D eigenvalue weighted by atomic mass is 10.2. The van der Waals surface area contributed by atoms with E-state index >= 15 is 0 Å². The topological polar surface area (TPSA) is 66.5 Å². The number of nitrogens with zero attached hydrogens (tertiary/aromatic N) is 2. The van der Waals surface area contributed by atoms with E-state index in [0.717, 1.165) is 49.8 Å². The number of halogens is 1. The fourth-order valence-corrected chi connectivity index (χ4v) is 3.04. The molecule has 0 atom stereocenters. The predicted octanol–water partition coefficient (Wildman–Crippen LogP) is 2.85. The number of hydrogen-bond acceptors (Lipinski definition) is 5. The number of morpholine rings is 1. The van der Waals surface area contributed by atoms with Crippen molar-refractivity contribution in [2.45, 2.75) is 6.92 Å². The van der Waals surface area contributed by atoms with Crippen LogP contribution in [-0.4, -0.2) is 55.2 Å². The molecule has 1 aromatic carbocycles. The molecule has 2 aromatic rings. The zero-order valence-electron chi connectivity index (χ0n) is 14.8. The Kier molecular flexibility index (Phi) is 6.44. The molecule has 1 amide bonds. The number of carbonyl (C=O) groups excluding carboxylic acids is 1. The van der Waals surface area contributed by atoms with Gasteiger partial charge in [-0.15, -0.1) is 0 Å². The summed E-state index contributed by atoms with van der Waals surface area (Å²) in [7, 11) is 0. The van der Waals surface area contributed by atoms with Crippen molar-refractivity contribution in [2.24, 2.45) is 0 Å². The van der Waals surface area contributed by atoms with Crippen LogP contribution < -0.4 is 10.6 Å². The van der Waals surface area contributed by atoms with Crippen molar-refractivity contribution in [1.82, 2.24) is 15.2 Å². The van der Waals surface area contributed by atoms with Crippen molar-refractivity contribution in [3.8, 4) is 0 Å². The third-order valence-corrected chi connectivity index (χ3v) is 4.52. The second kappa shape index (κ2) is 8.98. The molecule has 2 N–H and O–H groups in total. The summed E-state index contributed by atoms with van der Waals surface area (Å²) in [5.41, 5.74) is 3.25. The Bertz CT molecular complexity index is 763. The number of benzene rings is 1. The molecule has 1 saturated heterocycles. The molecular weight excluding hydrogens is 352 g/mol. The first kappa shape index (κ1) is 18.6. The Labute approximate surface area is 158 Å². The number of ether oxygens (including phenoxy) is 1. The van der Waals surface area contributed by atoms with Gasteiger partial charge < -0.3 is 15.4 Å². The van der Waals surface area contributed by atoms with Crippen LogP contribution in [0.1, 0.15) is 15.9 Å². The second-order valence-electron chi connectivity index (χ2n) is 6.26. The summed E-state index contributed by atoms with van der Waals surface area (Å²) >= 11 is 5.99. The average Bonchev–Trinajstić information content (AvgIpc) is 2.65. The highest BCUT2D eigenvalue weighted by molar-refractivity contribution is 6.30. The maximum absolute atomic E-state index is 12.4. The number of rotatable bonds is 6. The molecule has 1 aromatic heterocycles. The third-order valence-electron chi connectivity index (χ3n) is 4.29. The molecule has 26 heavy (non-hydrogen) atoms. The van der Waals surface area contributed by atoms with Gasteiger partial charge in [0.1, 0.15) is 0 Å². The van der Waals surface area contributed by atoms with E-state index in [2.05, 4.69) is 20.5 Å². The van der Waals surface area contributed by atoms with Gasteiger partial charge in [0, 0.05) is 43.1 Å². The van der Waals surface area contributed by atoms with Crippen LogP contribution in [0.2, 0.25) is 5.02 Å². The minimum Gasteiger partial charge on any atom is -0.379 e. The molecule has 7 heteroatoms. The Hall–Kier alpha value is -2.15. The van der Waals surface area contributed by atoms with Crippen LogP contribution in [0.3, 0.4) is 0 Å². The van der Waals surface area contributed by atoms with E-state index in [1.807, 2.05) is 25.1 Å². The van der Waals surface area contributed by atoms with Crippen molar-refractivity contribution in [3.63, 3.8) is 0 Å². The van der Waals surface area contributed by atoms with Crippen molar-refractivity contribution in [1.29, 1.82) is 0 Å². The zero-order valence-corrected chi connectivity index (χ0v) is 15.6. The SMILES string of the molecule is Cc1cc(Cl)ccc1Nc1cncc(C(=O)NCCN2CCOCC2)c1. The Morgan fingerprint density at radius 1 is 1.27 bits per heavy atom. The molecule has 1 aliphatic rings. The highest BCUT2D eigenvalue weighted by atomic mass is 35.5. The first-order chi connectivity index (χ1) is 12.6. The molecule has 0 bridgehead atoms. The lowest BCUT2D eigenvalue weighted by molar-refractivity contribution is 0.0383. The molecule has 0 radical (unpaired) electrons. The highest BCUT2D eigenvalue weighted by Crippen LogP contribution is 2.23. The van der Waals surface area contributed by atoms with Crippen LogP contribution in [0.15, 0.2) is 36.7 Å². The summed E-state index contributed by atoms with van der Waals surface area (Å²) in [5, 5.41) is 6.92. The van der Waals surface area contributed by atoms with E-state index < -0.39 is 0 Å². The summed E-state index contributed by atoms with van der Waals surface area (Å²) < 4.78 is 5.32. The van der Waals surface area contributed by atoms with E-state index in [1.54, 1.807) is 18.5 Å². The smallest absolute Gasteiger partial charge is 0.252 e. The van der Waals surface area contributed by atoms with Gasteiger partial charge in [-0.25, -0.2) is 0 Å². The minimum absolute atomic E-state index is 0.123. The van der Waals surface area contributed by atoms with Crippen LogP contribution in [-0.2, 0) is 4.74 Å². The van der Waals surface area contributed by atoms with Gasteiger partial charge >= 0.3 is 0 Å². The molecule has 1 aliphatic heterocycles. The van der Waals surface area contributed by atoms with E-state index in [0.29, 0.717) is 17.1 Å². The van der Waals surface area contributed by atoms with E-state index in [-0.39, 0.29) is 5.91 Å². The number of carbonyl (C=O) groups is 1. The first-order valence-corrected chi connectivity index (χ1v) is 9.06. The van der Waals surface area contributed by atoms with Crippen LogP contribution in [0.4, 0.5) is 11.4 Å². The highest BCUT2D eigenvalue weighted by Gasteiger charge is 2.11. The van der Waals surface area contributed by atoms with Crippen LogP contribution in [0, 0.1) is 6.92 Å². The van der Waals surface area contributed by atoms with Crippen molar-refractivity contribution < 1.29 is 9.53 Å². The Balaban J connectivity index is 1.56. The number of pyridine rings is 1. The summed E-state index contributed by atoms with van der Waals surface area (Å²) in [5.74, 6) is -0.123. The lowest BCUT2D eigenvalue weighted by Gasteiger charge is -2.26. The van der Waals surface area contributed by atoms with Gasteiger partial charge in [0.2, 0.25) is 0 Å². The minimum atomic E-state index is -0.123. The van der Waals surface area contributed by atoms with E-state index in [4.69, 9.17) is 16.3 Å². The van der Waals surface area contributed by atoms with Gasteiger partial charge in [-0.1, -0.05) is 11.6 Å². The van der Waals surface area contributed by atoms with Crippen molar-refractivity contribution in [3.05, 3.63) is 52.8 Å². The molecule has 1 fully saturated rings. The molecule has 0 aliphatic carbocycles. The molecule has 0 saturated carbocycles. The molecule has 138 valence electrons. The van der Waals surface area contributed by atoms with Crippen molar-refractivity contribution in [2.75, 3.05) is 44.7 Å². The third kappa shape index (κ3) is 5.17. The Morgan fingerprint density at radius 2 is 2.08 bits per heavy atom.